The first kappa shape index (κ1) is 27.0. The zero-order valence-electron chi connectivity index (χ0n) is 22.3. The summed E-state index contributed by atoms with van der Waals surface area (Å²) in [5.41, 5.74) is 1.48. The van der Waals surface area contributed by atoms with E-state index in [9.17, 15) is 14.4 Å². The smallest absolute Gasteiger partial charge is 0.410 e. The minimum atomic E-state index is -0.375. The molecule has 1 N–H and O–H groups in total. The molecule has 0 unspecified atom stereocenters. The molecule has 0 spiro atoms. The molecule has 3 saturated heterocycles. The van der Waals surface area contributed by atoms with Crippen molar-refractivity contribution in [2.45, 2.75) is 50.9 Å². The molecule has 0 atom stereocenters. The number of likely N-dealkylation sites (tertiary alicyclic amines) is 2. The topological polar surface area (TPSA) is 97.4 Å². The van der Waals surface area contributed by atoms with E-state index in [4.69, 9.17) is 14.2 Å². The van der Waals surface area contributed by atoms with Crippen LogP contribution in [0.2, 0.25) is 0 Å². The molecule has 39 heavy (non-hydrogen) atoms. The van der Waals surface area contributed by atoms with Crippen molar-refractivity contribution in [3.05, 3.63) is 65.7 Å². The van der Waals surface area contributed by atoms with Crippen molar-refractivity contribution in [3.8, 4) is 5.75 Å². The van der Waals surface area contributed by atoms with E-state index in [1.165, 1.54) is 0 Å². The van der Waals surface area contributed by atoms with Crippen LogP contribution in [-0.2, 0) is 20.9 Å². The highest BCUT2D eigenvalue weighted by Crippen LogP contribution is 2.23. The van der Waals surface area contributed by atoms with Crippen LogP contribution < -0.4 is 10.1 Å². The molecule has 0 aromatic heterocycles. The summed E-state index contributed by atoms with van der Waals surface area (Å²) in [5.74, 6) is 1.23. The molecule has 3 aliphatic heterocycles. The van der Waals surface area contributed by atoms with Gasteiger partial charge in [0.15, 0.2) is 0 Å². The van der Waals surface area contributed by atoms with E-state index in [0.717, 1.165) is 50.2 Å². The van der Waals surface area contributed by atoms with Gasteiger partial charge in [-0.15, -0.1) is 0 Å². The Balaban J connectivity index is 0.988. The predicted molar refractivity (Wildman–Crippen MR) is 144 cm³/mol. The number of amides is 3. The fraction of sp³-hybridized carbons (Fsp3) is 0.500. The average molecular weight is 536 g/mol. The Morgan fingerprint density at radius 1 is 0.872 bits per heavy atom. The number of carbonyl (C=O) groups excluding carboxylic acids is 3. The molecule has 3 aliphatic rings. The molecule has 2 aromatic rings. The summed E-state index contributed by atoms with van der Waals surface area (Å²) in [6, 6.07) is 16.6. The van der Waals surface area contributed by atoms with E-state index in [1.807, 2.05) is 47.4 Å². The number of hydrogen-bond acceptors (Lipinski definition) is 6. The molecular formula is C30H37N3O6. The van der Waals surface area contributed by atoms with Crippen LogP contribution in [0.15, 0.2) is 54.6 Å². The number of hydrogen-bond donors (Lipinski definition) is 1. The third-order valence-electron chi connectivity index (χ3n) is 7.70. The normalized spacial score (nSPS) is 18.8. The van der Waals surface area contributed by atoms with E-state index in [2.05, 4.69) is 5.32 Å². The third kappa shape index (κ3) is 7.50. The predicted octanol–water partition coefficient (Wildman–Crippen LogP) is 3.62. The molecular weight excluding hydrogens is 498 g/mol. The van der Waals surface area contributed by atoms with Gasteiger partial charge in [0.2, 0.25) is 5.91 Å². The number of benzene rings is 2. The van der Waals surface area contributed by atoms with Gasteiger partial charge in [0.1, 0.15) is 18.5 Å². The van der Waals surface area contributed by atoms with E-state index in [1.54, 1.807) is 17.0 Å². The first-order valence-corrected chi connectivity index (χ1v) is 13.9. The molecule has 3 heterocycles. The van der Waals surface area contributed by atoms with Gasteiger partial charge >= 0.3 is 6.09 Å². The minimum Gasteiger partial charge on any atom is -0.490 e. The molecule has 5 rings (SSSR count). The Labute approximate surface area is 229 Å². The zero-order valence-corrected chi connectivity index (χ0v) is 22.3. The first-order valence-electron chi connectivity index (χ1n) is 13.9. The second-order valence-corrected chi connectivity index (χ2v) is 10.6. The van der Waals surface area contributed by atoms with Crippen LogP contribution >= 0.6 is 0 Å². The van der Waals surface area contributed by atoms with Crippen molar-refractivity contribution in [3.63, 3.8) is 0 Å². The third-order valence-corrected chi connectivity index (χ3v) is 7.70. The standard InChI is InChI=1S/C30H37N3O6/c34-28(18-22-12-16-37-17-13-22)32-14-10-27(11-15-32)39-26-8-6-24(7-9-26)29(35)31-25-19-33(20-25)30(36)38-21-23-4-2-1-3-5-23/h1-9,22,25,27H,10-21H2,(H,31,35). The minimum absolute atomic E-state index is 0.0550. The molecule has 2 aromatic carbocycles. The summed E-state index contributed by atoms with van der Waals surface area (Å²) in [5, 5.41) is 2.96. The van der Waals surface area contributed by atoms with E-state index >= 15 is 0 Å². The van der Waals surface area contributed by atoms with E-state index < -0.39 is 0 Å². The van der Waals surface area contributed by atoms with Crippen molar-refractivity contribution < 1.29 is 28.6 Å². The molecule has 3 fully saturated rings. The molecule has 0 radical (unpaired) electrons. The van der Waals surface area contributed by atoms with Gasteiger partial charge in [-0.25, -0.2) is 4.79 Å². The maximum Gasteiger partial charge on any atom is 0.410 e. The lowest BCUT2D eigenvalue weighted by molar-refractivity contribution is -0.134. The molecule has 9 heteroatoms. The number of nitrogens with zero attached hydrogens (tertiary/aromatic N) is 2. The lowest BCUT2D eigenvalue weighted by Crippen LogP contribution is -2.61. The Morgan fingerprint density at radius 2 is 1.56 bits per heavy atom. The molecule has 0 saturated carbocycles. The highest BCUT2D eigenvalue weighted by molar-refractivity contribution is 5.94. The number of rotatable bonds is 8. The van der Waals surface area contributed by atoms with Gasteiger partial charge in [0.25, 0.3) is 5.91 Å². The Morgan fingerprint density at radius 3 is 2.26 bits per heavy atom. The summed E-state index contributed by atoms with van der Waals surface area (Å²) in [6.07, 6.45) is 3.85. The molecule has 208 valence electrons. The second-order valence-electron chi connectivity index (χ2n) is 10.6. The first-order chi connectivity index (χ1) is 19.0. The maximum absolute atomic E-state index is 12.6. The van der Waals surface area contributed by atoms with Crippen molar-refractivity contribution >= 4 is 17.9 Å². The van der Waals surface area contributed by atoms with Gasteiger partial charge in [0.05, 0.1) is 6.04 Å². The average Bonchev–Trinajstić information content (AvgIpc) is 2.95. The quantitative estimate of drug-likeness (QED) is 0.555. The fourth-order valence-electron chi connectivity index (χ4n) is 5.23. The Bertz CT molecular complexity index is 1110. The van der Waals surface area contributed by atoms with Crippen LogP contribution in [0.25, 0.3) is 0 Å². The number of ether oxygens (including phenoxy) is 3. The fourth-order valence-corrected chi connectivity index (χ4v) is 5.23. The zero-order chi connectivity index (χ0) is 27.0. The highest BCUT2D eigenvalue weighted by Gasteiger charge is 2.33. The van der Waals surface area contributed by atoms with Gasteiger partial charge in [-0.05, 0) is 48.6 Å². The van der Waals surface area contributed by atoms with Crippen molar-refractivity contribution in [1.29, 1.82) is 0 Å². The van der Waals surface area contributed by atoms with Crippen molar-refractivity contribution in [2.24, 2.45) is 5.92 Å². The van der Waals surface area contributed by atoms with Gasteiger partial charge in [-0.3, -0.25) is 9.59 Å². The molecule has 3 amide bonds. The number of carbonyl (C=O) groups is 3. The lowest BCUT2D eigenvalue weighted by atomic mass is 9.95. The number of nitrogens with one attached hydrogen (secondary N) is 1. The Kier molecular flexibility index (Phi) is 8.98. The monoisotopic (exact) mass is 535 g/mol. The van der Waals surface area contributed by atoms with Gasteiger partial charge in [0, 0.05) is 64.2 Å². The van der Waals surface area contributed by atoms with Crippen LogP contribution in [0.3, 0.4) is 0 Å². The molecule has 0 bridgehead atoms. The summed E-state index contributed by atoms with van der Waals surface area (Å²) in [6.45, 7) is 4.04. The summed E-state index contributed by atoms with van der Waals surface area (Å²) >= 11 is 0. The second kappa shape index (κ2) is 13.0. The van der Waals surface area contributed by atoms with Crippen molar-refractivity contribution in [1.82, 2.24) is 15.1 Å². The summed E-state index contributed by atoms with van der Waals surface area (Å²) < 4.78 is 16.9. The van der Waals surface area contributed by atoms with Gasteiger partial charge in [-0.2, -0.15) is 0 Å². The van der Waals surface area contributed by atoms with Crippen LogP contribution in [0.5, 0.6) is 5.75 Å². The van der Waals surface area contributed by atoms with Crippen LogP contribution in [-0.4, -0.2) is 79.2 Å². The SMILES string of the molecule is O=C(NC1CN(C(=O)OCc2ccccc2)C1)c1ccc(OC2CCN(C(=O)CC3CCOCC3)CC2)cc1. The molecule has 9 nitrogen and oxygen atoms in total. The highest BCUT2D eigenvalue weighted by atomic mass is 16.6. The van der Waals surface area contributed by atoms with Gasteiger partial charge in [-0.1, -0.05) is 30.3 Å². The van der Waals surface area contributed by atoms with Crippen LogP contribution in [0, 0.1) is 5.92 Å². The van der Waals surface area contributed by atoms with Gasteiger partial charge < -0.3 is 29.3 Å². The largest absolute Gasteiger partial charge is 0.490 e. The van der Waals surface area contributed by atoms with E-state index in [-0.39, 0.29) is 36.7 Å². The molecule has 0 aliphatic carbocycles. The summed E-state index contributed by atoms with van der Waals surface area (Å²) in [7, 11) is 0. The van der Waals surface area contributed by atoms with Crippen molar-refractivity contribution in [2.75, 3.05) is 39.4 Å². The number of piperidine rings is 1. The van der Waals surface area contributed by atoms with Crippen LogP contribution in [0.4, 0.5) is 4.79 Å². The maximum atomic E-state index is 12.6. The Hall–Kier alpha value is -3.59. The summed E-state index contributed by atoms with van der Waals surface area (Å²) in [4.78, 5) is 41.0. The lowest BCUT2D eigenvalue weighted by Gasteiger charge is -2.38. The van der Waals surface area contributed by atoms with E-state index in [0.29, 0.717) is 44.1 Å². The van der Waals surface area contributed by atoms with Crippen LogP contribution in [0.1, 0.15) is 48.0 Å².